The molecule has 0 aliphatic carbocycles. The third-order valence-electron chi connectivity index (χ3n) is 2.16. The maximum Gasteiger partial charge on any atom is 0.228 e. The van der Waals surface area contributed by atoms with Gasteiger partial charge in [0, 0.05) is 32.3 Å². The van der Waals surface area contributed by atoms with Crippen molar-refractivity contribution in [3.05, 3.63) is 12.4 Å². The van der Waals surface area contributed by atoms with Crippen LogP contribution in [0.15, 0.2) is 12.4 Å². The molecule has 13 heavy (non-hydrogen) atoms. The minimum absolute atomic E-state index is 0.0345. The first-order chi connectivity index (χ1) is 6.16. The standard InChI is InChI=1S/C8H12N4O/c1-11-5-7(3-10-11)12-4-6(9)2-8(12)13/h3,5-6H,2,4,9H2,1H3/t6-/m1/s1. The lowest BCUT2D eigenvalue weighted by atomic mass is 10.3. The Morgan fingerprint density at radius 1 is 1.69 bits per heavy atom. The van der Waals surface area contributed by atoms with Crippen molar-refractivity contribution in [2.45, 2.75) is 12.5 Å². The van der Waals surface area contributed by atoms with E-state index in [4.69, 9.17) is 5.73 Å². The van der Waals surface area contributed by atoms with Crippen LogP contribution in [0.25, 0.3) is 0 Å². The topological polar surface area (TPSA) is 64.2 Å². The van der Waals surface area contributed by atoms with E-state index in [0.717, 1.165) is 5.69 Å². The van der Waals surface area contributed by atoms with Crippen LogP contribution in [0.2, 0.25) is 0 Å². The number of aryl methyl sites for hydroxylation is 1. The molecular formula is C8H12N4O. The van der Waals surface area contributed by atoms with Gasteiger partial charge in [-0.15, -0.1) is 0 Å². The third kappa shape index (κ3) is 1.42. The van der Waals surface area contributed by atoms with Crippen molar-refractivity contribution in [3.63, 3.8) is 0 Å². The first kappa shape index (κ1) is 8.25. The second-order valence-corrected chi connectivity index (χ2v) is 3.34. The van der Waals surface area contributed by atoms with Gasteiger partial charge in [0.2, 0.25) is 5.91 Å². The highest BCUT2D eigenvalue weighted by atomic mass is 16.2. The van der Waals surface area contributed by atoms with Crippen LogP contribution in [0.5, 0.6) is 0 Å². The average Bonchev–Trinajstić information content (AvgIpc) is 2.58. The maximum atomic E-state index is 11.4. The summed E-state index contributed by atoms with van der Waals surface area (Å²) in [5.74, 6) is 0.0838. The molecule has 5 nitrogen and oxygen atoms in total. The van der Waals surface area contributed by atoms with Crippen molar-refractivity contribution in [3.8, 4) is 0 Å². The van der Waals surface area contributed by atoms with E-state index < -0.39 is 0 Å². The van der Waals surface area contributed by atoms with E-state index in [-0.39, 0.29) is 11.9 Å². The zero-order valence-corrected chi connectivity index (χ0v) is 7.47. The number of nitrogens with zero attached hydrogens (tertiary/aromatic N) is 3. The molecule has 70 valence electrons. The zero-order chi connectivity index (χ0) is 9.42. The molecule has 1 saturated heterocycles. The minimum atomic E-state index is -0.0345. The summed E-state index contributed by atoms with van der Waals surface area (Å²) < 4.78 is 1.67. The van der Waals surface area contributed by atoms with Gasteiger partial charge in [-0.1, -0.05) is 0 Å². The Morgan fingerprint density at radius 2 is 2.46 bits per heavy atom. The molecule has 0 radical (unpaired) electrons. The van der Waals surface area contributed by atoms with Gasteiger partial charge in [-0.05, 0) is 0 Å². The molecule has 2 heterocycles. The number of aromatic nitrogens is 2. The quantitative estimate of drug-likeness (QED) is 0.632. The number of anilines is 1. The van der Waals surface area contributed by atoms with Gasteiger partial charge in [0.1, 0.15) is 0 Å². The smallest absolute Gasteiger partial charge is 0.228 e. The molecule has 2 N–H and O–H groups in total. The molecule has 1 aromatic rings. The van der Waals surface area contributed by atoms with Crippen LogP contribution in [0.4, 0.5) is 5.69 Å². The summed E-state index contributed by atoms with van der Waals surface area (Å²) in [4.78, 5) is 13.1. The van der Waals surface area contributed by atoms with E-state index in [1.807, 2.05) is 13.2 Å². The SMILES string of the molecule is Cn1cc(N2C[C@H](N)CC2=O)cn1. The largest absolute Gasteiger partial charge is 0.326 e. The summed E-state index contributed by atoms with van der Waals surface area (Å²) in [6.45, 7) is 0.602. The molecule has 5 heteroatoms. The van der Waals surface area contributed by atoms with Crippen LogP contribution in [-0.4, -0.2) is 28.3 Å². The molecule has 1 aliphatic heterocycles. The molecule has 0 saturated carbocycles. The Labute approximate surface area is 76.1 Å². The molecule has 1 atom stereocenters. The fourth-order valence-corrected chi connectivity index (χ4v) is 1.53. The van der Waals surface area contributed by atoms with E-state index >= 15 is 0 Å². The van der Waals surface area contributed by atoms with Crippen molar-refractivity contribution in [2.75, 3.05) is 11.4 Å². The van der Waals surface area contributed by atoms with Gasteiger partial charge >= 0.3 is 0 Å². The lowest BCUT2D eigenvalue weighted by Gasteiger charge is -2.12. The van der Waals surface area contributed by atoms with E-state index in [9.17, 15) is 4.79 Å². The number of carbonyl (C=O) groups is 1. The Morgan fingerprint density at radius 3 is 2.92 bits per heavy atom. The lowest BCUT2D eigenvalue weighted by Crippen LogP contribution is -2.27. The lowest BCUT2D eigenvalue weighted by molar-refractivity contribution is -0.117. The van der Waals surface area contributed by atoms with Crippen molar-refractivity contribution >= 4 is 11.6 Å². The maximum absolute atomic E-state index is 11.4. The summed E-state index contributed by atoms with van der Waals surface area (Å²) in [6.07, 6.45) is 3.93. The number of hydrogen-bond donors (Lipinski definition) is 1. The highest BCUT2D eigenvalue weighted by molar-refractivity contribution is 5.95. The van der Waals surface area contributed by atoms with E-state index in [1.165, 1.54) is 0 Å². The van der Waals surface area contributed by atoms with E-state index in [1.54, 1.807) is 15.8 Å². The van der Waals surface area contributed by atoms with Gasteiger partial charge in [-0.25, -0.2) is 0 Å². The Bertz CT molecular complexity index is 333. The summed E-state index contributed by atoms with van der Waals surface area (Å²) in [5, 5.41) is 4.00. The highest BCUT2D eigenvalue weighted by Gasteiger charge is 2.28. The monoisotopic (exact) mass is 180 g/mol. The van der Waals surface area contributed by atoms with Crippen LogP contribution in [0.1, 0.15) is 6.42 Å². The van der Waals surface area contributed by atoms with Crippen molar-refractivity contribution < 1.29 is 4.79 Å². The number of carbonyl (C=O) groups excluding carboxylic acids is 1. The molecule has 0 aromatic carbocycles. The van der Waals surface area contributed by atoms with Gasteiger partial charge in [-0.3, -0.25) is 9.48 Å². The van der Waals surface area contributed by atoms with E-state index in [0.29, 0.717) is 13.0 Å². The van der Waals surface area contributed by atoms with Crippen LogP contribution in [0.3, 0.4) is 0 Å². The zero-order valence-electron chi connectivity index (χ0n) is 7.47. The number of amides is 1. The van der Waals surface area contributed by atoms with Crippen LogP contribution >= 0.6 is 0 Å². The summed E-state index contributed by atoms with van der Waals surface area (Å²) in [5.41, 5.74) is 6.50. The molecule has 0 unspecified atom stereocenters. The molecule has 1 amide bonds. The molecule has 1 aliphatic rings. The predicted octanol–water partition coefficient (Wildman–Crippen LogP) is -0.516. The van der Waals surface area contributed by atoms with Crippen LogP contribution < -0.4 is 10.6 Å². The first-order valence-electron chi connectivity index (χ1n) is 4.21. The second kappa shape index (κ2) is 2.85. The third-order valence-corrected chi connectivity index (χ3v) is 2.16. The Balaban J connectivity index is 2.22. The van der Waals surface area contributed by atoms with Crippen LogP contribution in [0, 0.1) is 0 Å². The minimum Gasteiger partial charge on any atom is -0.326 e. The second-order valence-electron chi connectivity index (χ2n) is 3.34. The molecule has 0 spiro atoms. The molecule has 0 bridgehead atoms. The first-order valence-corrected chi connectivity index (χ1v) is 4.21. The highest BCUT2D eigenvalue weighted by Crippen LogP contribution is 2.19. The van der Waals surface area contributed by atoms with Crippen LogP contribution in [-0.2, 0) is 11.8 Å². The van der Waals surface area contributed by atoms with Gasteiger partial charge in [0.15, 0.2) is 0 Å². The van der Waals surface area contributed by atoms with Crippen molar-refractivity contribution in [1.29, 1.82) is 0 Å². The average molecular weight is 180 g/mol. The number of nitrogens with two attached hydrogens (primary N) is 1. The predicted molar refractivity (Wildman–Crippen MR) is 48.2 cm³/mol. The van der Waals surface area contributed by atoms with Gasteiger partial charge < -0.3 is 10.6 Å². The number of hydrogen-bond acceptors (Lipinski definition) is 3. The Kier molecular flexibility index (Phi) is 1.81. The van der Waals surface area contributed by atoms with E-state index in [2.05, 4.69) is 5.10 Å². The number of rotatable bonds is 1. The summed E-state index contributed by atoms with van der Waals surface area (Å²) in [6, 6.07) is -0.0345. The normalized spacial score (nSPS) is 22.8. The Hall–Kier alpha value is -1.36. The fourth-order valence-electron chi connectivity index (χ4n) is 1.53. The molecular weight excluding hydrogens is 168 g/mol. The van der Waals surface area contributed by atoms with Gasteiger partial charge in [0.25, 0.3) is 0 Å². The fraction of sp³-hybridized carbons (Fsp3) is 0.500. The van der Waals surface area contributed by atoms with Gasteiger partial charge in [0.05, 0.1) is 11.9 Å². The molecule has 1 aromatic heterocycles. The van der Waals surface area contributed by atoms with Crippen molar-refractivity contribution in [2.24, 2.45) is 12.8 Å². The molecule has 2 rings (SSSR count). The summed E-state index contributed by atoms with van der Waals surface area (Å²) in [7, 11) is 1.82. The van der Waals surface area contributed by atoms with Crippen molar-refractivity contribution in [1.82, 2.24) is 9.78 Å². The molecule has 1 fully saturated rings. The summed E-state index contributed by atoms with van der Waals surface area (Å²) >= 11 is 0. The van der Waals surface area contributed by atoms with Gasteiger partial charge in [-0.2, -0.15) is 5.10 Å².